The summed E-state index contributed by atoms with van der Waals surface area (Å²) in [6, 6.07) is 19.1. The first-order valence-electron chi connectivity index (χ1n) is 8.86. The maximum Gasteiger partial charge on any atom is 0.164 e. The fraction of sp³-hybridized carbons (Fsp3) is 0.0870. The summed E-state index contributed by atoms with van der Waals surface area (Å²) in [7, 11) is 0. The van der Waals surface area contributed by atoms with Crippen LogP contribution < -0.4 is 0 Å². The van der Waals surface area contributed by atoms with E-state index < -0.39 is 0 Å². The van der Waals surface area contributed by atoms with Crippen LogP contribution in [0.5, 0.6) is 0 Å². The van der Waals surface area contributed by atoms with Gasteiger partial charge in [0, 0.05) is 16.7 Å². The molecule has 0 radical (unpaired) electrons. The minimum atomic E-state index is -0.282. The Labute approximate surface area is 161 Å². The summed E-state index contributed by atoms with van der Waals surface area (Å²) in [6.45, 7) is 3.39. The summed E-state index contributed by atoms with van der Waals surface area (Å²) in [5.74, 6) is 0.818. The molecular formula is C23H17F2N3. The molecule has 0 N–H and O–H groups in total. The van der Waals surface area contributed by atoms with E-state index in [0.717, 1.165) is 5.56 Å². The Bertz CT molecular complexity index is 1090. The molecule has 0 bridgehead atoms. The van der Waals surface area contributed by atoms with Crippen molar-refractivity contribution in [2.45, 2.75) is 13.8 Å². The quantitative estimate of drug-likeness (QED) is 0.458. The number of hydrogen-bond acceptors (Lipinski definition) is 3. The molecule has 5 heteroatoms. The number of nitrogens with zero attached hydrogens (tertiary/aromatic N) is 3. The smallest absolute Gasteiger partial charge is 0.164 e. The van der Waals surface area contributed by atoms with Crippen LogP contribution in [0.1, 0.15) is 11.1 Å². The molecule has 1 aromatic heterocycles. The van der Waals surface area contributed by atoms with Crippen LogP contribution in [0.25, 0.3) is 34.2 Å². The van der Waals surface area contributed by atoms with Crippen molar-refractivity contribution in [3.05, 3.63) is 89.5 Å². The maximum atomic E-state index is 13.7. The van der Waals surface area contributed by atoms with Crippen LogP contribution in [0.3, 0.4) is 0 Å². The molecule has 28 heavy (non-hydrogen) atoms. The molecule has 3 aromatic carbocycles. The second-order valence-electron chi connectivity index (χ2n) is 6.60. The van der Waals surface area contributed by atoms with Gasteiger partial charge in [-0.2, -0.15) is 0 Å². The fourth-order valence-corrected chi connectivity index (χ4v) is 2.92. The van der Waals surface area contributed by atoms with Crippen molar-refractivity contribution in [2.24, 2.45) is 0 Å². The van der Waals surface area contributed by atoms with Gasteiger partial charge in [-0.15, -0.1) is 0 Å². The largest absolute Gasteiger partial charge is 0.208 e. The first-order chi connectivity index (χ1) is 13.5. The lowest BCUT2D eigenvalue weighted by Gasteiger charge is -2.09. The number of benzene rings is 3. The van der Waals surface area contributed by atoms with Gasteiger partial charge in [-0.3, -0.25) is 0 Å². The first kappa shape index (κ1) is 17.9. The minimum Gasteiger partial charge on any atom is -0.208 e. The zero-order chi connectivity index (χ0) is 19.7. The van der Waals surface area contributed by atoms with Gasteiger partial charge >= 0.3 is 0 Å². The van der Waals surface area contributed by atoms with Crippen LogP contribution in [0, 0.1) is 25.5 Å². The fourth-order valence-electron chi connectivity index (χ4n) is 2.92. The van der Waals surface area contributed by atoms with Gasteiger partial charge in [0.2, 0.25) is 0 Å². The number of aryl methyl sites for hydroxylation is 2. The number of hydrogen-bond donors (Lipinski definition) is 0. The van der Waals surface area contributed by atoms with Crippen molar-refractivity contribution in [2.75, 3.05) is 0 Å². The third-order valence-corrected chi connectivity index (χ3v) is 4.50. The Hall–Kier alpha value is -3.47. The van der Waals surface area contributed by atoms with Crippen LogP contribution in [-0.4, -0.2) is 15.0 Å². The summed E-state index contributed by atoms with van der Waals surface area (Å²) in [6.07, 6.45) is 0. The monoisotopic (exact) mass is 373 g/mol. The molecule has 0 aliphatic rings. The van der Waals surface area contributed by atoms with Gasteiger partial charge in [0.25, 0.3) is 0 Å². The molecule has 0 amide bonds. The highest BCUT2D eigenvalue weighted by atomic mass is 19.1. The first-order valence-corrected chi connectivity index (χ1v) is 8.86. The topological polar surface area (TPSA) is 38.7 Å². The van der Waals surface area contributed by atoms with E-state index in [0.29, 0.717) is 39.7 Å². The zero-order valence-electron chi connectivity index (χ0n) is 15.4. The van der Waals surface area contributed by atoms with Gasteiger partial charge < -0.3 is 0 Å². The maximum absolute atomic E-state index is 13.7. The van der Waals surface area contributed by atoms with Gasteiger partial charge in [-0.1, -0.05) is 30.3 Å². The van der Waals surface area contributed by atoms with E-state index in [9.17, 15) is 8.78 Å². The summed E-state index contributed by atoms with van der Waals surface area (Å²) in [5, 5.41) is 0. The molecule has 1 heterocycles. The standard InChI is InChI=1S/C23H17F2N3/c1-14-12-17(8-10-19(14)24)22-26-21(16-6-4-3-5-7-16)27-23(28-22)18-9-11-20(25)15(2)13-18/h3-13H,1-2H3. The average Bonchev–Trinajstić information content (AvgIpc) is 2.72. The van der Waals surface area contributed by atoms with Gasteiger partial charge in [-0.05, 0) is 61.4 Å². The predicted octanol–water partition coefficient (Wildman–Crippen LogP) is 5.77. The van der Waals surface area contributed by atoms with Crippen LogP contribution >= 0.6 is 0 Å². The third kappa shape index (κ3) is 3.51. The van der Waals surface area contributed by atoms with Crippen LogP contribution in [0.15, 0.2) is 66.7 Å². The highest BCUT2D eigenvalue weighted by Crippen LogP contribution is 2.26. The van der Waals surface area contributed by atoms with Gasteiger partial charge in [0.15, 0.2) is 17.5 Å². The molecule has 0 atom stereocenters. The lowest BCUT2D eigenvalue weighted by Crippen LogP contribution is -2.01. The van der Waals surface area contributed by atoms with E-state index in [4.69, 9.17) is 0 Å². The molecule has 138 valence electrons. The molecule has 0 aliphatic heterocycles. The number of rotatable bonds is 3. The lowest BCUT2D eigenvalue weighted by molar-refractivity contribution is 0.618. The van der Waals surface area contributed by atoms with E-state index >= 15 is 0 Å². The second kappa shape index (κ2) is 7.27. The van der Waals surface area contributed by atoms with Crippen molar-refractivity contribution >= 4 is 0 Å². The van der Waals surface area contributed by atoms with Crippen molar-refractivity contribution in [1.82, 2.24) is 15.0 Å². The normalized spacial score (nSPS) is 10.9. The number of halogens is 2. The average molecular weight is 373 g/mol. The van der Waals surface area contributed by atoms with Gasteiger partial charge in [0.1, 0.15) is 11.6 Å². The van der Waals surface area contributed by atoms with Crippen molar-refractivity contribution < 1.29 is 8.78 Å². The SMILES string of the molecule is Cc1cc(-c2nc(-c3ccccc3)nc(-c3ccc(F)c(C)c3)n2)ccc1F. The number of aromatic nitrogens is 3. The molecule has 3 nitrogen and oxygen atoms in total. The van der Waals surface area contributed by atoms with Crippen LogP contribution in [0.4, 0.5) is 8.78 Å². The predicted molar refractivity (Wildman–Crippen MR) is 106 cm³/mol. The Balaban J connectivity index is 1.92. The molecule has 0 fully saturated rings. The van der Waals surface area contributed by atoms with Crippen LogP contribution in [-0.2, 0) is 0 Å². The van der Waals surface area contributed by atoms with Gasteiger partial charge in [0.05, 0.1) is 0 Å². The van der Waals surface area contributed by atoms with Crippen molar-refractivity contribution in [3.63, 3.8) is 0 Å². The second-order valence-corrected chi connectivity index (χ2v) is 6.60. The molecular weight excluding hydrogens is 356 g/mol. The van der Waals surface area contributed by atoms with E-state index in [1.165, 1.54) is 12.1 Å². The molecule has 0 saturated carbocycles. The van der Waals surface area contributed by atoms with Crippen LogP contribution in [0.2, 0.25) is 0 Å². The summed E-state index contributed by atoms with van der Waals surface area (Å²) < 4.78 is 27.4. The summed E-state index contributed by atoms with van der Waals surface area (Å²) in [4.78, 5) is 13.8. The molecule has 4 rings (SSSR count). The molecule has 0 unspecified atom stereocenters. The van der Waals surface area contributed by atoms with E-state index in [1.807, 2.05) is 30.3 Å². The Morgan fingerprint density at radius 2 is 0.964 bits per heavy atom. The molecule has 0 aliphatic carbocycles. The highest BCUT2D eigenvalue weighted by molar-refractivity contribution is 5.67. The lowest BCUT2D eigenvalue weighted by atomic mass is 10.1. The molecule has 0 spiro atoms. The molecule has 0 saturated heterocycles. The zero-order valence-corrected chi connectivity index (χ0v) is 15.4. The Kier molecular flexibility index (Phi) is 4.65. The van der Waals surface area contributed by atoms with Crippen molar-refractivity contribution in [1.29, 1.82) is 0 Å². The summed E-state index contributed by atoms with van der Waals surface area (Å²) in [5.41, 5.74) is 3.25. The van der Waals surface area contributed by atoms with Crippen molar-refractivity contribution in [3.8, 4) is 34.2 Å². The summed E-state index contributed by atoms with van der Waals surface area (Å²) >= 11 is 0. The highest BCUT2D eigenvalue weighted by Gasteiger charge is 2.13. The van der Waals surface area contributed by atoms with Gasteiger partial charge in [-0.25, -0.2) is 23.7 Å². The van der Waals surface area contributed by atoms with E-state index in [-0.39, 0.29) is 11.6 Å². The third-order valence-electron chi connectivity index (χ3n) is 4.50. The molecule has 4 aromatic rings. The Morgan fingerprint density at radius 3 is 1.39 bits per heavy atom. The van der Waals surface area contributed by atoms with E-state index in [1.54, 1.807) is 38.1 Å². The Morgan fingerprint density at radius 1 is 0.536 bits per heavy atom. The van der Waals surface area contributed by atoms with E-state index in [2.05, 4.69) is 15.0 Å². The minimum absolute atomic E-state index is 0.282.